The molecule has 1 atom stereocenters. The van der Waals surface area contributed by atoms with Crippen molar-refractivity contribution in [3.8, 4) is 62.1 Å². The van der Waals surface area contributed by atoms with Crippen molar-refractivity contribution >= 4 is 11.1 Å². The summed E-state index contributed by atoms with van der Waals surface area (Å²) in [4.78, 5) is 0. The first-order chi connectivity index (χ1) is 26.7. The summed E-state index contributed by atoms with van der Waals surface area (Å²) in [6.07, 6.45) is 4.00. The van der Waals surface area contributed by atoms with E-state index in [9.17, 15) is 25.5 Å². The summed E-state index contributed by atoms with van der Waals surface area (Å²) in [5.74, 6) is -4.90. The summed E-state index contributed by atoms with van der Waals surface area (Å²) < 4.78 is 0. The molecule has 1 spiro atoms. The third kappa shape index (κ3) is 5.08. The average Bonchev–Trinajstić information content (AvgIpc) is 3.69. The van der Waals surface area contributed by atoms with E-state index in [2.05, 4.69) is 134 Å². The lowest BCUT2D eigenvalue weighted by Crippen LogP contribution is -2.25. The van der Waals surface area contributed by atoms with E-state index in [-0.39, 0.29) is 5.56 Å². The molecule has 7 aromatic rings. The van der Waals surface area contributed by atoms with Crippen LogP contribution in [-0.2, 0) is 5.41 Å². The van der Waals surface area contributed by atoms with Gasteiger partial charge in [-0.2, -0.15) is 0 Å². The highest BCUT2D eigenvalue weighted by molar-refractivity contribution is 5.96. The molecule has 0 heterocycles. The maximum Gasteiger partial charge on any atom is 0.208 e. The molecule has 1 unspecified atom stereocenters. The molecule has 5 heteroatoms. The Morgan fingerprint density at radius 2 is 0.964 bits per heavy atom. The molecule has 0 aliphatic heterocycles. The lowest BCUT2D eigenvalue weighted by atomic mass is 9.70. The zero-order chi connectivity index (χ0) is 38.0. The first-order valence-corrected chi connectivity index (χ1v) is 18.4. The number of allylic oxidation sites excluding steroid dienone is 4. The monoisotopic (exact) mass is 718 g/mol. The second-order valence-electron chi connectivity index (χ2n) is 14.5. The van der Waals surface area contributed by atoms with Crippen LogP contribution in [0.3, 0.4) is 0 Å². The Bertz CT molecular complexity index is 2650. The molecule has 0 amide bonds. The Morgan fingerprint density at radius 3 is 1.55 bits per heavy atom. The quantitative estimate of drug-likeness (QED) is 0.0669. The Kier molecular flexibility index (Phi) is 7.91. The van der Waals surface area contributed by atoms with Crippen LogP contribution < -0.4 is 0 Å². The number of hydrogen-bond acceptors (Lipinski definition) is 5. The maximum atomic E-state index is 11.0. The van der Waals surface area contributed by atoms with Gasteiger partial charge in [-0.15, -0.1) is 0 Å². The maximum absolute atomic E-state index is 11.0. The fraction of sp³-hybridized carbons (Fsp3) is 0.0800. The number of hydrogen-bond donors (Lipinski definition) is 5. The van der Waals surface area contributed by atoms with Gasteiger partial charge < -0.3 is 25.5 Å². The summed E-state index contributed by atoms with van der Waals surface area (Å²) >= 11 is 0. The Hall–Kier alpha value is -6.98. The van der Waals surface area contributed by atoms with Crippen LogP contribution in [0.15, 0.2) is 158 Å². The SMILES string of the molecule is C/C(=C\C(=C/C(C)c1c(O)c(O)c(O)c(O)c1O)c1ccc2c(c1)C1(c3ccccc3-c3ccccc31)c1ccccc1-2)c1cccc(-c2ccccc2)c1. The van der Waals surface area contributed by atoms with Crippen LogP contribution in [-0.4, -0.2) is 25.5 Å². The lowest BCUT2D eigenvalue weighted by Gasteiger charge is -2.30. The number of rotatable bonds is 6. The van der Waals surface area contributed by atoms with E-state index in [0.29, 0.717) is 0 Å². The largest absolute Gasteiger partial charge is 0.504 e. The Balaban J connectivity index is 1.27. The van der Waals surface area contributed by atoms with E-state index in [1.807, 2.05) is 30.3 Å². The standard InChI is InChI=1S/C50H38O5/c1-29(32-15-12-16-33(27-32)31-13-4-3-5-14-31)25-35(26-30(2)44-45(51)47(53)49(55)48(54)46(44)52)34-23-24-39-38-19-8-11-22-42(38)50(43(39)28-34)40-20-9-6-17-36(40)37-18-7-10-21-41(37)50/h3-28,30,51-55H,1-2H3/b29-25+,35-26+. The van der Waals surface area contributed by atoms with Gasteiger partial charge >= 0.3 is 0 Å². The zero-order valence-corrected chi connectivity index (χ0v) is 30.3. The molecule has 55 heavy (non-hydrogen) atoms. The summed E-state index contributed by atoms with van der Waals surface area (Å²) in [7, 11) is 0. The highest BCUT2D eigenvalue weighted by Gasteiger charge is 2.51. The van der Waals surface area contributed by atoms with Gasteiger partial charge in [-0.1, -0.05) is 153 Å². The molecule has 2 aliphatic rings. The highest BCUT2D eigenvalue weighted by atomic mass is 16.4. The van der Waals surface area contributed by atoms with Crippen molar-refractivity contribution in [1.82, 2.24) is 0 Å². The summed E-state index contributed by atoms with van der Waals surface area (Å²) in [5, 5.41) is 53.0. The number of phenolic OH excluding ortho intramolecular Hbond substituents is 5. The van der Waals surface area contributed by atoms with Crippen molar-refractivity contribution in [3.05, 3.63) is 197 Å². The Labute approximate surface area is 319 Å². The summed E-state index contributed by atoms with van der Waals surface area (Å²) in [6, 6.07) is 51.1. The number of benzene rings is 7. The molecule has 5 nitrogen and oxygen atoms in total. The molecule has 0 aromatic heterocycles. The van der Waals surface area contributed by atoms with E-state index >= 15 is 0 Å². The zero-order valence-electron chi connectivity index (χ0n) is 30.3. The van der Waals surface area contributed by atoms with Gasteiger partial charge in [-0.05, 0) is 97.0 Å². The van der Waals surface area contributed by atoms with E-state index in [0.717, 1.165) is 44.5 Å². The minimum absolute atomic E-state index is 0.105. The van der Waals surface area contributed by atoms with Crippen LogP contribution in [0, 0.1) is 0 Å². The van der Waals surface area contributed by atoms with Crippen molar-refractivity contribution in [2.75, 3.05) is 0 Å². The number of aromatic hydroxyl groups is 5. The lowest BCUT2D eigenvalue weighted by molar-refractivity contribution is 0.323. The molecule has 2 aliphatic carbocycles. The predicted octanol–water partition coefficient (Wildman–Crippen LogP) is 11.5. The topological polar surface area (TPSA) is 101 Å². The summed E-state index contributed by atoms with van der Waals surface area (Å²) in [6.45, 7) is 3.82. The van der Waals surface area contributed by atoms with Gasteiger partial charge in [-0.25, -0.2) is 0 Å². The van der Waals surface area contributed by atoms with Gasteiger partial charge in [0.05, 0.1) is 11.0 Å². The average molecular weight is 719 g/mol. The molecular formula is C50H38O5. The van der Waals surface area contributed by atoms with Gasteiger partial charge in [-0.3, -0.25) is 0 Å². The smallest absolute Gasteiger partial charge is 0.208 e. The molecule has 0 bridgehead atoms. The fourth-order valence-corrected chi connectivity index (χ4v) is 8.88. The minimum atomic E-state index is -0.982. The third-order valence-corrected chi connectivity index (χ3v) is 11.4. The minimum Gasteiger partial charge on any atom is -0.504 e. The molecule has 0 radical (unpaired) electrons. The van der Waals surface area contributed by atoms with Crippen LogP contribution in [0.5, 0.6) is 28.7 Å². The molecule has 7 aromatic carbocycles. The van der Waals surface area contributed by atoms with E-state index in [4.69, 9.17) is 0 Å². The van der Waals surface area contributed by atoms with Gasteiger partial charge in [0.15, 0.2) is 11.5 Å². The first kappa shape index (κ1) is 33.8. The second-order valence-corrected chi connectivity index (χ2v) is 14.5. The van der Waals surface area contributed by atoms with Crippen molar-refractivity contribution in [2.45, 2.75) is 25.2 Å². The van der Waals surface area contributed by atoms with E-state index < -0.39 is 40.1 Å². The van der Waals surface area contributed by atoms with E-state index in [1.54, 1.807) is 6.92 Å². The predicted molar refractivity (Wildman–Crippen MR) is 219 cm³/mol. The van der Waals surface area contributed by atoms with Crippen molar-refractivity contribution in [2.24, 2.45) is 0 Å². The Morgan fingerprint density at radius 1 is 0.473 bits per heavy atom. The first-order valence-electron chi connectivity index (χ1n) is 18.4. The number of phenols is 5. The molecule has 9 rings (SSSR count). The van der Waals surface area contributed by atoms with Gasteiger partial charge in [0, 0.05) is 5.92 Å². The van der Waals surface area contributed by atoms with Crippen molar-refractivity contribution in [3.63, 3.8) is 0 Å². The second kappa shape index (κ2) is 12.9. The van der Waals surface area contributed by atoms with Crippen molar-refractivity contribution < 1.29 is 25.5 Å². The molecule has 0 fully saturated rings. The van der Waals surface area contributed by atoms with Crippen LogP contribution >= 0.6 is 0 Å². The molecule has 0 saturated heterocycles. The van der Waals surface area contributed by atoms with Crippen LogP contribution in [0.2, 0.25) is 0 Å². The van der Waals surface area contributed by atoms with Gasteiger partial charge in [0.1, 0.15) is 0 Å². The van der Waals surface area contributed by atoms with Crippen LogP contribution in [0.4, 0.5) is 0 Å². The molecule has 268 valence electrons. The van der Waals surface area contributed by atoms with Gasteiger partial charge in [0.2, 0.25) is 17.2 Å². The summed E-state index contributed by atoms with van der Waals surface area (Å²) in [5.41, 5.74) is 14.9. The highest BCUT2D eigenvalue weighted by Crippen LogP contribution is 2.63. The molecule has 5 N–H and O–H groups in total. The number of fused-ring (bicyclic) bond motifs is 10. The van der Waals surface area contributed by atoms with Crippen LogP contribution in [0.25, 0.3) is 44.5 Å². The van der Waals surface area contributed by atoms with E-state index in [1.165, 1.54) is 33.4 Å². The fourth-order valence-electron chi connectivity index (χ4n) is 8.88. The van der Waals surface area contributed by atoms with Crippen LogP contribution in [0.1, 0.15) is 58.7 Å². The molecule has 0 saturated carbocycles. The van der Waals surface area contributed by atoms with Crippen molar-refractivity contribution in [1.29, 1.82) is 0 Å². The third-order valence-electron chi connectivity index (χ3n) is 11.4. The molecular weight excluding hydrogens is 681 g/mol. The normalized spacial score (nSPS) is 14.3. The van der Waals surface area contributed by atoms with Gasteiger partial charge in [0.25, 0.3) is 0 Å².